The second kappa shape index (κ2) is 6.89. The summed E-state index contributed by atoms with van der Waals surface area (Å²) in [6.45, 7) is 4.18. The van der Waals surface area contributed by atoms with Crippen molar-refractivity contribution in [3.05, 3.63) is 47.5 Å². The summed E-state index contributed by atoms with van der Waals surface area (Å²) in [5, 5.41) is 4.54. The molecule has 0 saturated carbocycles. The van der Waals surface area contributed by atoms with E-state index < -0.39 is 0 Å². The predicted molar refractivity (Wildman–Crippen MR) is 101 cm³/mol. The number of pyridine rings is 1. The molecule has 0 aliphatic rings. The van der Waals surface area contributed by atoms with E-state index in [0.717, 1.165) is 28.0 Å². The Morgan fingerprint density at radius 2 is 1.48 bits per heavy atom. The molecule has 0 saturated heterocycles. The maximum Gasteiger partial charge on any atom is 0.203 e. The van der Waals surface area contributed by atoms with Crippen LogP contribution in [-0.2, 0) is 0 Å². The number of ether oxygens (including phenoxy) is 3. The molecule has 0 aliphatic carbocycles. The van der Waals surface area contributed by atoms with Crippen molar-refractivity contribution in [2.24, 2.45) is 0 Å². The molecule has 0 unspecified atom stereocenters. The Morgan fingerprint density at radius 3 is 2.08 bits per heavy atom. The van der Waals surface area contributed by atoms with Crippen LogP contribution >= 0.6 is 0 Å². The summed E-state index contributed by atoms with van der Waals surface area (Å²) in [5.74, 6) is 2.57. The minimum absolute atomic E-state index is 0.565. The fourth-order valence-electron chi connectivity index (χ4n) is 2.88. The number of fused-ring (bicyclic) bond motifs is 1. The number of para-hydroxylation sites is 1. The fourth-order valence-corrected chi connectivity index (χ4v) is 2.88. The zero-order chi connectivity index (χ0) is 18.0. The van der Waals surface area contributed by atoms with Crippen LogP contribution in [0.2, 0.25) is 0 Å². The minimum Gasteiger partial charge on any atom is -0.493 e. The van der Waals surface area contributed by atoms with Crippen LogP contribution in [0.3, 0.4) is 0 Å². The van der Waals surface area contributed by atoms with Gasteiger partial charge in [-0.3, -0.25) is 0 Å². The fraction of sp³-hybridized carbons (Fsp3) is 0.250. The van der Waals surface area contributed by atoms with Crippen molar-refractivity contribution in [2.45, 2.75) is 13.8 Å². The third kappa shape index (κ3) is 3.05. The van der Waals surface area contributed by atoms with Crippen molar-refractivity contribution in [1.82, 2.24) is 4.98 Å². The first kappa shape index (κ1) is 16.9. The Bertz CT molecular complexity index is 897. The van der Waals surface area contributed by atoms with Crippen molar-refractivity contribution in [3.63, 3.8) is 0 Å². The largest absolute Gasteiger partial charge is 0.493 e. The molecule has 0 fully saturated rings. The quantitative estimate of drug-likeness (QED) is 0.735. The molecule has 25 heavy (non-hydrogen) atoms. The first-order valence-electron chi connectivity index (χ1n) is 8.02. The van der Waals surface area contributed by atoms with Gasteiger partial charge in [0, 0.05) is 23.2 Å². The Hall–Kier alpha value is -2.95. The Kier molecular flexibility index (Phi) is 4.65. The number of benzene rings is 2. The number of methoxy groups -OCH3 is 3. The van der Waals surface area contributed by atoms with Crippen molar-refractivity contribution in [2.75, 3.05) is 26.6 Å². The molecule has 2 aromatic carbocycles. The van der Waals surface area contributed by atoms with E-state index in [-0.39, 0.29) is 0 Å². The molecular weight excluding hydrogens is 316 g/mol. The third-order valence-electron chi connectivity index (χ3n) is 4.39. The lowest BCUT2D eigenvalue weighted by Gasteiger charge is -2.17. The summed E-state index contributed by atoms with van der Waals surface area (Å²) in [4.78, 5) is 4.76. The molecule has 5 nitrogen and oxygen atoms in total. The number of aromatic nitrogens is 1. The van der Waals surface area contributed by atoms with Crippen LogP contribution in [0, 0.1) is 13.8 Å². The molecular formula is C20H22N2O3. The molecule has 0 bridgehead atoms. The number of aryl methyl sites for hydroxylation is 1. The van der Waals surface area contributed by atoms with Gasteiger partial charge in [-0.2, -0.15) is 0 Å². The van der Waals surface area contributed by atoms with Crippen molar-refractivity contribution in [1.29, 1.82) is 0 Å². The third-order valence-corrected chi connectivity index (χ3v) is 4.39. The second-order valence-corrected chi connectivity index (χ2v) is 5.77. The lowest BCUT2D eigenvalue weighted by molar-refractivity contribution is 0.324. The normalized spacial score (nSPS) is 10.6. The van der Waals surface area contributed by atoms with E-state index in [0.29, 0.717) is 17.2 Å². The molecule has 1 N–H and O–H groups in total. The highest BCUT2D eigenvalue weighted by Crippen LogP contribution is 2.41. The summed E-state index contributed by atoms with van der Waals surface area (Å²) in [6, 6.07) is 11.9. The topological polar surface area (TPSA) is 52.6 Å². The number of hydrogen-bond donors (Lipinski definition) is 1. The van der Waals surface area contributed by atoms with Crippen LogP contribution in [0.5, 0.6) is 17.2 Å². The van der Waals surface area contributed by atoms with E-state index in [2.05, 4.69) is 25.2 Å². The SMILES string of the molecule is COc1cc(Nc2nc3ccccc3c(C)c2C)cc(OC)c1OC. The summed E-state index contributed by atoms with van der Waals surface area (Å²) < 4.78 is 16.2. The second-order valence-electron chi connectivity index (χ2n) is 5.77. The highest BCUT2D eigenvalue weighted by Gasteiger charge is 2.15. The Labute approximate surface area is 147 Å². The molecule has 130 valence electrons. The van der Waals surface area contributed by atoms with Gasteiger partial charge in [0.15, 0.2) is 11.5 Å². The molecule has 3 rings (SSSR count). The van der Waals surface area contributed by atoms with Gasteiger partial charge in [0.1, 0.15) is 5.82 Å². The van der Waals surface area contributed by atoms with Gasteiger partial charge in [0.05, 0.1) is 26.8 Å². The Morgan fingerprint density at radius 1 is 0.840 bits per heavy atom. The van der Waals surface area contributed by atoms with E-state index in [9.17, 15) is 0 Å². The number of nitrogens with one attached hydrogen (secondary N) is 1. The van der Waals surface area contributed by atoms with Gasteiger partial charge >= 0.3 is 0 Å². The smallest absolute Gasteiger partial charge is 0.203 e. The zero-order valence-corrected chi connectivity index (χ0v) is 15.1. The van der Waals surface area contributed by atoms with Gasteiger partial charge in [-0.1, -0.05) is 18.2 Å². The number of hydrogen-bond acceptors (Lipinski definition) is 5. The lowest BCUT2D eigenvalue weighted by atomic mass is 10.0. The summed E-state index contributed by atoms with van der Waals surface area (Å²) in [7, 11) is 4.79. The van der Waals surface area contributed by atoms with Crippen molar-refractivity contribution < 1.29 is 14.2 Å². The van der Waals surface area contributed by atoms with Gasteiger partial charge in [-0.25, -0.2) is 4.98 Å². The van der Waals surface area contributed by atoms with E-state index in [1.165, 1.54) is 5.56 Å². The van der Waals surface area contributed by atoms with Gasteiger partial charge in [-0.05, 0) is 31.0 Å². The van der Waals surface area contributed by atoms with Gasteiger partial charge in [0.25, 0.3) is 0 Å². The molecule has 0 spiro atoms. The number of nitrogens with zero attached hydrogens (tertiary/aromatic N) is 1. The predicted octanol–water partition coefficient (Wildman–Crippen LogP) is 4.62. The molecule has 1 aromatic heterocycles. The zero-order valence-electron chi connectivity index (χ0n) is 15.1. The van der Waals surface area contributed by atoms with Crippen molar-refractivity contribution >= 4 is 22.4 Å². The lowest BCUT2D eigenvalue weighted by Crippen LogP contribution is -2.01. The molecule has 3 aromatic rings. The van der Waals surface area contributed by atoms with E-state index in [4.69, 9.17) is 19.2 Å². The van der Waals surface area contributed by atoms with Crippen LogP contribution in [0.1, 0.15) is 11.1 Å². The highest BCUT2D eigenvalue weighted by molar-refractivity contribution is 5.86. The molecule has 0 radical (unpaired) electrons. The van der Waals surface area contributed by atoms with E-state index in [1.54, 1.807) is 21.3 Å². The first-order chi connectivity index (χ1) is 12.1. The van der Waals surface area contributed by atoms with Gasteiger partial charge < -0.3 is 19.5 Å². The molecule has 0 aliphatic heterocycles. The average molecular weight is 338 g/mol. The van der Waals surface area contributed by atoms with Crippen LogP contribution in [0.15, 0.2) is 36.4 Å². The number of anilines is 2. The summed E-state index contributed by atoms with van der Waals surface area (Å²) in [5.41, 5.74) is 4.09. The molecule has 0 amide bonds. The number of rotatable bonds is 5. The summed E-state index contributed by atoms with van der Waals surface area (Å²) in [6.07, 6.45) is 0. The highest BCUT2D eigenvalue weighted by atomic mass is 16.5. The maximum absolute atomic E-state index is 5.42. The van der Waals surface area contributed by atoms with Gasteiger partial charge in [-0.15, -0.1) is 0 Å². The van der Waals surface area contributed by atoms with E-state index in [1.807, 2.05) is 30.3 Å². The molecule has 0 atom stereocenters. The maximum atomic E-state index is 5.42. The van der Waals surface area contributed by atoms with Crippen LogP contribution < -0.4 is 19.5 Å². The monoisotopic (exact) mass is 338 g/mol. The first-order valence-corrected chi connectivity index (χ1v) is 8.02. The summed E-state index contributed by atoms with van der Waals surface area (Å²) >= 11 is 0. The molecule has 5 heteroatoms. The Balaban J connectivity index is 2.08. The van der Waals surface area contributed by atoms with Gasteiger partial charge in [0.2, 0.25) is 5.75 Å². The van der Waals surface area contributed by atoms with Crippen molar-refractivity contribution in [3.8, 4) is 17.2 Å². The standard InChI is InChI=1S/C20H22N2O3/c1-12-13(2)20(22-16-9-7-6-8-15(12)16)21-14-10-17(23-3)19(25-5)18(11-14)24-4/h6-11H,1-5H3,(H,21,22). The van der Waals surface area contributed by atoms with Crippen LogP contribution in [0.25, 0.3) is 10.9 Å². The average Bonchev–Trinajstić information content (AvgIpc) is 2.65. The van der Waals surface area contributed by atoms with Crippen LogP contribution in [-0.4, -0.2) is 26.3 Å². The van der Waals surface area contributed by atoms with Crippen LogP contribution in [0.4, 0.5) is 11.5 Å². The van der Waals surface area contributed by atoms with E-state index >= 15 is 0 Å². The molecule has 1 heterocycles. The minimum atomic E-state index is 0.565.